The molecule has 27 heavy (non-hydrogen) atoms. The third-order valence-electron chi connectivity index (χ3n) is 3.71. The van der Waals surface area contributed by atoms with Crippen molar-refractivity contribution in [1.29, 1.82) is 0 Å². The number of hydrogen-bond acceptors (Lipinski definition) is 4. The normalized spacial score (nSPS) is 10.1. The fraction of sp³-hybridized carbons (Fsp3) is 0.250. The summed E-state index contributed by atoms with van der Waals surface area (Å²) in [6, 6.07) is 12.6. The molecular weight excluding hydrogens is 351 g/mol. The molecule has 0 aliphatic heterocycles. The van der Waals surface area contributed by atoms with Crippen molar-refractivity contribution in [2.75, 3.05) is 13.2 Å². The van der Waals surface area contributed by atoms with Crippen LogP contribution in [0.1, 0.15) is 28.4 Å². The Morgan fingerprint density at radius 1 is 0.926 bits per heavy atom. The third kappa shape index (κ3) is 7.27. The van der Waals surface area contributed by atoms with E-state index in [-0.39, 0.29) is 18.3 Å². The number of rotatable bonds is 8. The van der Waals surface area contributed by atoms with E-state index in [1.54, 1.807) is 36.4 Å². The Morgan fingerprint density at radius 2 is 1.56 bits per heavy atom. The topological polar surface area (TPSA) is 84.5 Å². The molecule has 0 saturated heterocycles. The van der Waals surface area contributed by atoms with Crippen LogP contribution in [0.15, 0.2) is 48.5 Å². The summed E-state index contributed by atoms with van der Waals surface area (Å²) in [5.74, 6) is -1.45. The number of hydrogen-bond donors (Lipinski definition) is 2. The summed E-state index contributed by atoms with van der Waals surface area (Å²) in [7, 11) is 0. The maximum atomic E-state index is 12.8. The van der Waals surface area contributed by atoms with E-state index in [4.69, 9.17) is 4.74 Å². The Bertz CT molecular complexity index is 789. The molecule has 6 nitrogen and oxygen atoms in total. The van der Waals surface area contributed by atoms with Gasteiger partial charge in [-0.1, -0.05) is 24.3 Å². The molecule has 2 N–H and O–H groups in total. The predicted molar refractivity (Wildman–Crippen MR) is 97.4 cm³/mol. The molecule has 0 aromatic heterocycles. The Hall–Kier alpha value is -3.22. The molecule has 0 radical (unpaired) electrons. The van der Waals surface area contributed by atoms with Gasteiger partial charge >= 0.3 is 5.97 Å². The molecule has 0 saturated carbocycles. The lowest BCUT2D eigenvalue weighted by molar-refractivity contribution is -0.124. The Balaban J connectivity index is 1.70. The minimum absolute atomic E-state index is 0.135. The highest BCUT2D eigenvalue weighted by atomic mass is 19.1. The molecule has 142 valence electrons. The minimum Gasteiger partial charge on any atom is -0.452 e. The van der Waals surface area contributed by atoms with E-state index < -0.39 is 11.9 Å². The van der Waals surface area contributed by atoms with Gasteiger partial charge < -0.3 is 15.4 Å². The number of amides is 2. The van der Waals surface area contributed by atoms with Crippen LogP contribution < -0.4 is 10.6 Å². The van der Waals surface area contributed by atoms with Gasteiger partial charge in [-0.05, 0) is 41.8 Å². The van der Waals surface area contributed by atoms with E-state index in [9.17, 15) is 18.8 Å². The molecule has 7 heteroatoms. The molecule has 0 aliphatic rings. The van der Waals surface area contributed by atoms with Gasteiger partial charge in [0.1, 0.15) is 5.82 Å². The first-order valence-corrected chi connectivity index (χ1v) is 8.45. The van der Waals surface area contributed by atoms with Gasteiger partial charge in [-0.15, -0.1) is 0 Å². The van der Waals surface area contributed by atoms with Crippen molar-refractivity contribution in [3.63, 3.8) is 0 Å². The van der Waals surface area contributed by atoms with Gasteiger partial charge in [-0.25, -0.2) is 9.18 Å². The van der Waals surface area contributed by atoms with E-state index in [0.717, 1.165) is 11.1 Å². The van der Waals surface area contributed by atoms with Crippen molar-refractivity contribution in [3.8, 4) is 0 Å². The lowest BCUT2D eigenvalue weighted by atomic mass is 10.1. The quantitative estimate of drug-likeness (QED) is 0.694. The molecule has 2 amide bonds. The fourth-order valence-electron chi connectivity index (χ4n) is 2.25. The molecule has 0 unspecified atom stereocenters. The number of esters is 1. The number of benzene rings is 2. The van der Waals surface area contributed by atoms with E-state index in [1.165, 1.54) is 19.1 Å². The molecule has 0 heterocycles. The molecule has 0 bridgehead atoms. The molecule has 0 aliphatic carbocycles. The third-order valence-corrected chi connectivity index (χ3v) is 3.71. The predicted octanol–water partition coefficient (Wildman–Crippen LogP) is 1.98. The first-order valence-electron chi connectivity index (χ1n) is 8.45. The van der Waals surface area contributed by atoms with Crippen LogP contribution in [-0.4, -0.2) is 30.9 Å². The highest BCUT2D eigenvalue weighted by Gasteiger charge is 2.10. The van der Waals surface area contributed by atoms with Crippen LogP contribution in [-0.2, 0) is 27.3 Å². The maximum Gasteiger partial charge on any atom is 0.338 e. The van der Waals surface area contributed by atoms with Crippen molar-refractivity contribution >= 4 is 17.8 Å². The Morgan fingerprint density at radius 3 is 2.19 bits per heavy atom. The molecule has 2 aromatic carbocycles. The van der Waals surface area contributed by atoms with Crippen LogP contribution in [0.25, 0.3) is 0 Å². The monoisotopic (exact) mass is 372 g/mol. The lowest BCUT2D eigenvalue weighted by Gasteiger charge is -2.08. The number of carbonyl (C=O) groups is 3. The first-order chi connectivity index (χ1) is 12.9. The largest absolute Gasteiger partial charge is 0.452 e. The molecular formula is C20H21FN2O4. The summed E-state index contributed by atoms with van der Waals surface area (Å²) >= 11 is 0. The van der Waals surface area contributed by atoms with Gasteiger partial charge in [0.15, 0.2) is 6.61 Å². The van der Waals surface area contributed by atoms with Crippen molar-refractivity contribution < 1.29 is 23.5 Å². The van der Waals surface area contributed by atoms with Gasteiger partial charge in [0.25, 0.3) is 5.91 Å². The minimum atomic E-state index is -0.602. The highest BCUT2D eigenvalue weighted by Crippen LogP contribution is 2.06. The zero-order chi connectivity index (χ0) is 19.6. The summed E-state index contributed by atoms with van der Waals surface area (Å²) in [5, 5.41) is 5.30. The van der Waals surface area contributed by atoms with Gasteiger partial charge in [-0.3, -0.25) is 9.59 Å². The Labute approximate surface area is 156 Å². The molecule has 2 aromatic rings. The average Bonchev–Trinajstić information content (AvgIpc) is 2.66. The molecule has 0 spiro atoms. The highest BCUT2D eigenvalue weighted by molar-refractivity contribution is 5.91. The maximum absolute atomic E-state index is 12.8. The second kappa shape index (κ2) is 10.1. The summed E-state index contributed by atoms with van der Waals surface area (Å²) in [6.45, 7) is 1.79. The van der Waals surface area contributed by atoms with Gasteiger partial charge in [0, 0.05) is 20.0 Å². The van der Waals surface area contributed by atoms with Crippen LogP contribution in [0.4, 0.5) is 4.39 Å². The van der Waals surface area contributed by atoms with Gasteiger partial charge in [-0.2, -0.15) is 0 Å². The smallest absolute Gasteiger partial charge is 0.338 e. The number of carbonyl (C=O) groups excluding carboxylic acids is 3. The molecule has 0 atom stereocenters. The zero-order valence-corrected chi connectivity index (χ0v) is 15.0. The van der Waals surface area contributed by atoms with Crippen LogP contribution in [0, 0.1) is 5.82 Å². The summed E-state index contributed by atoms with van der Waals surface area (Å²) in [5.41, 5.74) is 2.06. The van der Waals surface area contributed by atoms with Crippen molar-refractivity contribution in [1.82, 2.24) is 10.6 Å². The van der Waals surface area contributed by atoms with Crippen LogP contribution in [0.3, 0.4) is 0 Å². The van der Waals surface area contributed by atoms with Crippen LogP contribution in [0.5, 0.6) is 0 Å². The van der Waals surface area contributed by atoms with E-state index in [0.29, 0.717) is 25.1 Å². The average molecular weight is 372 g/mol. The van der Waals surface area contributed by atoms with Gasteiger partial charge in [0.2, 0.25) is 5.91 Å². The van der Waals surface area contributed by atoms with Crippen molar-refractivity contribution in [3.05, 3.63) is 71.0 Å². The van der Waals surface area contributed by atoms with Crippen molar-refractivity contribution in [2.45, 2.75) is 19.9 Å². The van der Waals surface area contributed by atoms with Gasteiger partial charge in [0.05, 0.1) is 5.56 Å². The number of halogens is 1. The molecule has 0 fully saturated rings. The second-order valence-corrected chi connectivity index (χ2v) is 5.91. The summed E-state index contributed by atoms with van der Waals surface area (Å²) in [4.78, 5) is 34.6. The summed E-state index contributed by atoms with van der Waals surface area (Å²) in [6.07, 6.45) is 0.551. The SMILES string of the molecule is CC(=O)NCc1ccc(C(=O)OCC(=O)NCCc2ccc(F)cc2)cc1. The van der Waals surface area contributed by atoms with E-state index in [2.05, 4.69) is 10.6 Å². The first kappa shape index (κ1) is 20.1. The fourth-order valence-corrected chi connectivity index (χ4v) is 2.25. The van der Waals surface area contributed by atoms with E-state index >= 15 is 0 Å². The van der Waals surface area contributed by atoms with Crippen LogP contribution >= 0.6 is 0 Å². The standard InChI is InChI=1S/C20H21FN2O4/c1-14(24)23-12-16-2-6-17(7-3-16)20(26)27-13-19(25)22-11-10-15-4-8-18(21)9-5-15/h2-9H,10-13H2,1H3,(H,22,25)(H,23,24). The second-order valence-electron chi connectivity index (χ2n) is 5.91. The summed E-state index contributed by atoms with van der Waals surface area (Å²) < 4.78 is 17.8. The number of nitrogens with one attached hydrogen (secondary N) is 2. The molecule has 2 rings (SSSR count). The van der Waals surface area contributed by atoms with E-state index in [1.807, 2.05) is 0 Å². The number of ether oxygens (including phenoxy) is 1. The van der Waals surface area contributed by atoms with Crippen molar-refractivity contribution in [2.24, 2.45) is 0 Å². The van der Waals surface area contributed by atoms with Crippen LogP contribution in [0.2, 0.25) is 0 Å². The zero-order valence-electron chi connectivity index (χ0n) is 15.0. The lowest BCUT2D eigenvalue weighted by Crippen LogP contribution is -2.30. The Kier molecular flexibility index (Phi) is 7.49.